The molecule has 0 saturated carbocycles. The van der Waals surface area contributed by atoms with E-state index in [-0.39, 0.29) is 30.5 Å². The predicted molar refractivity (Wildman–Crippen MR) is 113 cm³/mol. The number of aromatic nitrogens is 3. The fraction of sp³-hybridized carbons (Fsp3) is 0.250. The molecule has 1 aliphatic rings. The minimum Gasteiger partial charge on any atom is -0.375 e. The van der Waals surface area contributed by atoms with Gasteiger partial charge in [0.25, 0.3) is 11.9 Å². The summed E-state index contributed by atoms with van der Waals surface area (Å²) in [5.41, 5.74) is 2.02. The van der Waals surface area contributed by atoms with Gasteiger partial charge in [0.1, 0.15) is 6.61 Å². The third-order valence-electron chi connectivity index (χ3n) is 4.75. The zero-order valence-electron chi connectivity index (χ0n) is 15.6. The first kappa shape index (κ1) is 19.7. The van der Waals surface area contributed by atoms with E-state index in [1.54, 1.807) is 4.68 Å². The molecule has 9 heteroatoms. The normalized spacial score (nSPS) is 18.0. The summed E-state index contributed by atoms with van der Waals surface area (Å²) < 4.78 is 6.61. The van der Waals surface area contributed by atoms with Gasteiger partial charge in [0.2, 0.25) is 5.95 Å². The predicted octanol–water partition coefficient (Wildman–Crippen LogP) is 4.32. The molecule has 0 spiro atoms. The average Bonchev–Trinajstić information content (AvgIpc) is 3.10. The molecule has 0 unspecified atom stereocenters. The second-order valence-electron chi connectivity index (χ2n) is 6.71. The monoisotopic (exact) mass is 431 g/mol. The maximum Gasteiger partial charge on any atom is 0.252 e. The molecular weight excluding hydrogens is 413 g/mol. The molecule has 2 aromatic carbocycles. The second-order valence-corrected chi connectivity index (χ2v) is 7.55. The molecule has 150 valence electrons. The van der Waals surface area contributed by atoms with Crippen LogP contribution in [0.2, 0.25) is 10.0 Å². The van der Waals surface area contributed by atoms with Crippen molar-refractivity contribution in [1.29, 1.82) is 0 Å². The number of ether oxygens (including phenoxy) is 1. The number of rotatable bonds is 5. The Bertz CT molecular complexity index is 1020. The highest BCUT2D eigenvalue weighted by Crippen LogP contribution is 2.40. The molecule has 1 aliphatic heterocycles. The zero-order chi connectivity index (χ0) is 20.4. The molecule has 4 rings (SSSR count). The number of carbonyl (C=O) groups is 1. The summed E-state index contributed by atoms with van der Waals surface area (Å²) in [7, 11) is 1.46. The molecule has 2 heterocycles. The first-order chi connectivity index (χ1) is 14.0. The van der Waals surface area contributed by atoms with Crippen LogP contribution >= 0.6 is 23.2 Å². The van der Waals surface area contributed by atoms with Crippen molar-refractivity contribution in [2.24, 2.45) is 0 Å². The van der Waals surface area contributed by atoms with Crippen molar-refractivity contribution in [3.63, 3.8) is 0 Å². The Balaban J connectivity index is 1.72. The molecule has 0 aliphatic carbocycles. The van der Waals surface area contributed by atoms with Crippen LogP contribution in [0, 0.1) is 0 Å². The van der Waals surface area contributed by atoms with Crippen molar-refractivity contribution in [1.82, 2.24) is 14.8 Å². The highest BCUT2D eigenvalue weighted by molar-refractivity contribution is 6.31. The molecule has 0 radical (unpaired) electrons. The average molecular weight is 432 g/mol. The molecule has 29 heavy (non-hydrogen) atoms. The molecular formula is C20H19Cl2N5O2. The lowest BCUT2D eigenvalue weighted by molar-refractivity contribution is -0.119. The summed E-state index contributed by atoms with van der Waals surface area (Å²) in [4.78, 5) is 16.3. The highest BCUT2D eigenvalue weighted by atomic mass is 35.5. The topological polar surface area (TPSA) is 81.1 Å². The number of hydrogen-bond acceptors (Lipinski definition) is 5. The number of hydrogen-bond donors (Lipinski definition) is 2. The second kappa shape index (κ2) is 8.41. The van der Waals surface area contributed by atoms with Gasteiger partial charge in [-0.25, -0.2) is 4.68 Å². The van der Waals surface area contributed by atoms with Crippen LogP contribution in [0.4, 0.5) is 11.9 Å². The molecule has 0 bridgehead atoms. The minimum absolute atomic E-state index is 0.0206. The number of benzene rings is 2. The maximum absolute atomic E-state index is 11.9. The lowest BCUT2D eigenvalue weighted by atomic mass is 9.93. The molecule has 0 fully saturated rings. The fourth-order valence-corrected chi connectivity index (χ4v) is 3.83. The number of nitrogens with one attached hydrogen (secondary N) is 2. The van der Waals surface area contributed by atoms with E-state index in [1.165, 1.54) is 7.11 Å². The van der Waals surface area contributed by atoms with Crippen LogP contribution in [0.1, 0.15) is 29.6 Å². The highest BCUT2D eigenvalue weighted by Gasteiger charge is 2.32. The smallest absolute Gasteiger partial charge is 0.252 e. The Labute approximate surface area is 178 Å². The first-order valence-corrected chi connectivity index (χ1v) is 9.82. The third kappa shape index (κ3) is 4.22. The van der Waals surface area contributed by atoms with Crippen LogP contribution in [0.3, 0.4) is 0 Å². The molecule has 0 saturated heterocycles. The maximum atomic E-state index is 11.9. The van der Waals surface area contributed by atoms with Gasteiger partial charge in [-0.3, -0.25) is 10.1 Å². The molecule has 2 atom stereocenters. The third-order valence-corrected chi connectivity index (χ3v) is 5.35. The number of carbonyl (C=O) groups excluding carboxylic acids is 1. The van der Waals surface area contributed by atoms with Gasteiger partial charge in [0, 0.05) is 17.2 Å². The molecule has 7 nitrogen and oxygen atoms in total. The van der Waals surface area contributed by atoms with E-state index in [0.29, 0.717) is 22.4 Å². The number of nitrogens with zero attached hydrogens (tertiary/aromatic N) is 3. The summed E-state index contributed by atoms with van der Waals surface area (Å²) in [5, 5.41) is 11.9. The quantitative estimate of drug-likeness (QED) is 0.628. The number of halogens is 2. The van der Waals surface area contributed by atoms with Gasteiger partial charge in [-0.15, -0.1) is 5.10 Å². The van der Waals surface area contributed by atoms with Crippen LogP contribution < -0.4 is 10.6 Å². The lowest BCUT2D eigenvalue weighted by Gasteiger charge is -2.32. The van der Waals surface area contributed by atoms with Gasteiger partial charge in [-0.2, -0.15) is 4.98 Å². The van der Waals surface area contributed by atoms with E-state index < -0.39 is 0 Å². The van der Waals surface area contributed by atoms with E-state index in [1.807, 2.05) is 48.5 Å². The van der Waals surface area contributed by atoms with E-state index >= 15 is 0 Å². The van der Waals surface area contributed by atoms with Gasteiger partial charge >= 0.3 is 0 Å². The fourth-order valence-electron chi connectivity index (χ4n) is 3.44. The van der Waals surface area contributed by atoms with Gasteiger partial charge in [0.15, 0.2) is 0 Å². The van der Waals surface area contributed by atoms with Crippen molar-refractivity contribution >= 4 is 41.0 Å². The Morgan fingerprint density at radius 3 is 2.72 bits per heavy atom. The molecule has 2 N–H and O–H groups in total. The van der Waals surface area contributed by atoms with E-state index in [0.717, 1.165) is 11.1 Å². The first-order valence-electron chi connectivity index (χ1n) is 9.07. The lowest BCUT2D eigenvalue weighted by Crippen LogP contribution is -2.28. The Morgan fingerprint density at radius 1 is 1.24 bits per heavy atom. The van der Waals surface area contributed by atoms with Crippen LogP contribution in [0.5, 0.6) is 0 Å². The van der Waals surface area contributed by atoms with Gasteiger partial charge < -0.3 is 10.1 Å². The Kier molecular flexibility index (Phi) is 5.71. The number of methoxy groups -OCH3 is 1. The molecule has 3 aromatic rings. The van der Waals surface area contributed by atoms with Crippen LogP contribution in [-0.4, -0.2) is 34.4 Å². The van der Waals surface area contributed by atoms with Crippen LogP contribution in [-0.2, 0) is 9.53 Å². The number of anilines is 2. The van der Waals surface area contributed by atoms with Crippen molar-refractivity contribution in [3.8, 4) is 0 Å². The van der Waals surface area contributed by atoms with Crippen molar-refractivity contribution in [3.05, 3.63) is 69.7 Å². The van der Waals surface area contributed by atoms with Gasteiger partial charge in [0.05, 0.1) is 12.1 Å². The summed E-state index contributed by atoms with van der Waals surface area (Å²) in [6, 6.07) is 15.2. The van der Waals surface area contributed by atoms with E-state index in [2.05, 4.69) is 20.7 Å². The summed E-state index contributed by atoms with van der Waals surface area (Å²) in [5.74, 6) is 0.441. The molecule has 1 amide bonds. The summed E-state index contributed by atoms with van der Waals surface area (Å²) in [6.07, 6.45) is 0.702. The minimum atomic E-state index is -0.320. The van der Waals surface area contributed by atoms with E-state index in [9.17, 15) is 4.79 Å². The van der Waals surface area contributed by atoms with Gasteiger partial charge in [-0.05, 0) is 35.7 Å². The number of fused-ring (bicyclic) bond motifs is 1. The van der Waals surface area contributed by atoms with Gasteiger partial charge in [-0.1, -0.05) is 53.5 Å². The Hall–Kier alpha value is -2.61. The number of amides is 1. The zero-order valence-corrected chi connectivity index (χ0v) is 17.1. The summed E-state index contributed by atoms with van der Waals surface area (Å²) >= 11 is 12.5. The molecule has 1 aromatic heterocycles. The van der Waals surface area contributed by atoms with E-state index in [4.69, 9.17) is 27.9 Å². The largest absolute Gasteiger partial charge is 0.375 e. The Morgan fingerprint density at radius 2 is 2.00 bits per heavy atom. The standard InChI is InChI=1S/C20H19Cl2N5O2/c1-29-11-18(28)24-19-25-20-23-16(12-6-8-13(21)9-7-12)10-17(27(20)26-19)14-4-2-3-5-15(14)22/h2-9,16-17H,10-11H2,1H3,(H2,23,24,25,26,28)/t16-,17-/m1/s1. The van der Waals surface area contributed by atoms with Crippen molar-refractivity contribution in [2.75, 3.05) is 24.4 Å². The van der Waals surface area contributed by atoms with Crippen molar-refractivity contribution < 1.29 is 9.53 Å². The summed E-state index contributed by atoms with van der Waals surface area (Å²) in [6.45, 7) is -0.0708. The van der Waals surface area contributed by atoms with Crippen molar-refractivity contribution in [2.45, 2.75) is 18.5 Å². The van der Waals surface area contributed by atoms with Crippen LogP contribution in [0.15, 0.2) is 48.5 Å². The van der Waals surface area contributed by atoms with Crippen LogP contribution in [0.25, 0.3) is 0 Å². The SMILES string of the molecule is COCC(=O)Nc1nc2n(n1)[C@@H](c1ccccc1Cl)C[C@H](c1ccc(Cl)cc1)N2.